The zero-order chi connectivity index (χ0) is 20.4. The van der Waals surface area contributed by atoms with Crippen LogP contribution in [0.1, 0.15) is 46.2 Å². The molecule has 2 aromatic heterocycles. The lowest BCUT2D eigenvalue weighted by atomic mass is 9.95. The van der Waals surface area contributed by atoms with Crippen LogP contribution in [0.5, 0.6) is 0 Å². The van der Waals surface area contributed by atoms with Gasteiger partial charge < -0.3 is 10.2 Å². The van der Waals surface area contributed by atoms with Crippen molar-refractivity contribution < 1.29 is 9.18 Å². The predicted molar refractivity (Wildman–Crippen MR) is 113 cm³/mol. The molecule has 2 heterocycles. The van der Waals surface area contributed by atoms with Crippen LogP contribution in [0.15, 0.2) is 41.1 Å². The average Bonchev–Trinajstić information content (AvgIpc) is 3.37. The second-order valence-electron chi connectivity index (χ2n) is 7.62. The third-order valence-corrected chi connectivity index (χ3v) is 6.18. The minimum Gasteiger partial charge on any atom is -0.349 e. The normalized spacial score (nSPS) is 14.6. The molecule has 1 atom stereocenters. The first-order valence-electron chi connectivity index (χ1n) is 9.88. The Kier molecular flexibility index (Phi) is 5.78. The number of thiophene rings is 1. The van der Waals surface area contributed by atoms with Crippen molar-refractivity contribution in [3.05, 3.63) is 69.4 Å². The number of nitrogens with zero attached hydrogens (tertiary/aromatic N) is 3. The number of aromatic nitrogens is 2. The number of likely N-dealkylation sites (N-methyl/N-ethyl adjacent to an activating group) is 1. The van der Waals surface area contributed by atoms with E-state index >= 15 is 0 Å². The van der Waals surface area contributed by atoms with E-state index in [-0.39, 0.29) is 17.8 Å². The van der Waals surface area contributed by atoms with E-state index < -0.39 is 0 Å². The fourth-order valence-electron chi connectivity index (χ4n) is 3.91. The SMILES string of the molecule is CN(C)C(CNC(=O)c1nn(-c2ccc(F)cc2)c2c1CCCC2)c1ccsc1. The number of hydrogen-bond donors (Lipinski definition) is 1. The van der Waals surface area contributed by atoms with E-state index in [0.717, 1.165) is 42.6 Å². The van der Waals surface area contributed by atoms with Crippen molar-refractivity contribution in [2.75, 3.05) is 20.6 Å². The summed E-state index contributed by atoms with van der Waals surface area (Å²) in [6.45, 7) is 0.515. The van der Waals surface area contributed by atoms with Crippen LogP contribution in [0.2, 0.25) is 0 Å². The standard InChI is InChI=1S/C22H25FN4OS/c1-26(2)20(15-11-12-29-14-15)13-24-22(28)21-18-5-3-4-6-19(18)27(25-21)17-9-7-16(23)8-10-17/h7-12,14,20H,3-6,13H2,1-2H3,(H,24,28). The van der Waals surface area contributed by atoms with Gasteiger partial charge in [-0.15, -0.1) is 0 Å². The highest BCUT2D eigenvalue weighted by atomic mass is 32.1. The summed E-state index contributed by atoms with van der Waals surface area (Å²) in [6.07, 6.45) is 3.85. The molecule has 5 nitrogen and oxygen atoms in total. The summed E-state index contributed by atoms with van der Waals surface area (Å²) in [5.74, 6) is -0.429. The molecule has 0 aliphatic heterocycles. The lowest BCUT2D eigenvalue weighted by Gasteiger charge is -2.24. The van der Waals surface area contributed by atoms with Crippen molar-refractivity contribution >= 4 is 17.2 Å². The molecule has 1 aliphatic carbocycles. The Hall–Kier alpha value is -2.51. The number of amides is 1. The van der Waals surface area contributed by atoms with Gasteiger partial charge in [-0.25, -0.2) is 9.07 Å². The van der Waals surface area contributed by atoms with Crippen molar-refractivity contribution in [3.8, 4) is 5.69 Å². The lowest BCUT2D eigenvalue weighted by molar-refractivity contribution is 0.0935. The number of nitrogens with one attached hydrogen (secondary N) is 1. The van der Waals surface area contributed by atoms with E-state index in [4.69, 9.17) is 0 Å². The molecule has 1 aromatic carbocycles. The zero-order valence-electron chi connectivity index (χ0n) is 16.7. The van der Waals surface area contributed by atoms with E-state index in [1.807, 2.05) is 24.2 Å². The molecule has 0 radical (unpaired) electrons. The smallest absolute Gasteiger partial charge is 0.272 e. The van der Waals surface area contributed by atoms with Gasteiger partial charge in [0.1, 0.15) is 5.82 Å². The molecule has 3 aromatic rings. The number of fused-ring (bicyclic) bond motifs is 1. The molecule has 1 N–H and O–H groups in total. The van der Waals surface area contributed by atoms with Crippen molar-refractivity contribution in [1.29, 1.82) is 0 Å². The van der Waals surface area contributed by atoms with Crippen LogP contribution in [-0.4, -0.2) is 41.2 Å². The first-order valence-corrected chi connectivity index (χ1v) is 10.8. The van der Waals surface area contributed by atoms with Gasteiger partial charge in [-0.3, -0.25) is 4.79 Å². The summed E-state index contributed by atoms with van der Waals surface area (Å²) in [7, 11) is 4.03. The number of halogens is 1. The topological polar surface area (TPSA) is 50.2 Å². The Balaban J connectivity index is 1.59. The third-order valence-electron chi connectivity index (χ3n) is 5.47. The molecular formula is C22H25FN4OS. The number of carbonyl (C=O) groups is 1. The zero-order valence-corrected chi connectivity index (χ0v) is 17.5. The number of hydrogen-bond acceptors (Lipinski definition) is 4. The molecule has 0 saturated carbocycles. The van der Waals surface area contributed by atoms with E-state index in [2.05, 4.69) is 26.8 Å². The predicted octanol–water partition coefficient (Wildman–Crippen LogP) is 3.98. The van der Waals surface area contributed by atoms with Gasteiger partial charge in [0.2, 0.25) is 0 Å². The molecule has 152 valence electrons. The minimum atomic E-state index is -0.282. The van der Waals surface area contributed by atoms with Crippen LogP contribution in [-0.2, 0) is 12.8 Å². The highest BCUT2D eigenvalue weighted by Crippen LogP contribution is 2.27. The fraction of sp³-hybridized carbons (Fsp3) is 0.364. The van der Waals surface area contributed by atoms with Crippen LogP contribution in [0.3, 0.4) is 0 Å². The maximum atomic E-state index is 13.3. The quantitative estimate of drug-likeness (QED) is 0.666. The summed E-state index contributed by atoms with van der Waals surface area (Å²) in [6, 6.07) is 8.46. The second-order valence-corrected chi connectivity index (χ2v) is 8.40. The Morgan fingerprint density at radius 3 is 2.69 bits per heavy atom. The molecular weight excluding hydrogens is 387 g/mol. The summed E-state index contributed by atoms with van der Waals surface area (Å²) in [5.41, 5.74) is 4.56. The number of rotatable bonds is 6. The van der Waals surface area contributed by atoms with Gasteiger partial charge in [-0.2, -0.15) is 16.4 Å². The lowest BCUT2D eigenvalue weighted by Crippen LogP contribution is -2.35. The van der Waals surface area contributed by atoms with E-state index in [1.165, 1.54) is 17.7 Å². The van der Waals surface area contributed by atoms with Crippen LogP contribution >= 0.6 is 11.3 Å². The number of benzene rings is 1. The summed E-state index contributed by atoms with van der Waals surface area (Å²) in [4.78, 5) is 15.2. The van der Waals surface area contributed by atoms with Gasteiger partial charge in [0, 0.05) is 17.8 Å². The van der Waals surface area contributed by atoms with Crippen LogP contribution in [0.25, 0.3) is 5.69 Å². The molecule has 1 amide bonds. The molecule has 1 unspecified atom stereocenters. The molecule has 4 rings (SSSR count). The van der Waals surface area contributed by atoms with Gasteiger partial charge in [0.05, 0.1) is 11.7 Å². The molecule has 7 heteroatoms. The van der Waals surface area contributed by atoms with Crippen LogP contribution in [0.4, 0.5) is 4.39 Å². The van der Waals surface area contributed by atoms with Crippen LogP contribution in [0, 0.1) is 5.82 Å². The molecule has 29 heavy (non-hydrogen) atoms. The van der Waals surface area contributed by atoms with E-state index in [0.29, 0.717) is 12.2 Å². The Morgan fingerprint density at radius 2 is 2.00 bits per heavy atom. The molecule has 0 fully saturated rings. The van der Waals surface area contributed by atoms with Crippen molar-refractivity contribution in [2.45, 2.75) is 31.7 Å². The first-order chi connectivity index (χ1) is 14.0. The second kappa shape index (κ2) is 8.47. The fourth-order valence-corrected chi connectivity index (χ4v) is 4.62. The van der Waals surface area contributed by atoms with Crippen molar-refractivity contribution in [2.24, 2.45) is 0 Å². The Labute approximate surface area is 174 Å². The molecule has 0 bridgehead atoms. The largest absolute Gasteiger partial charge is 0.349 e. The van der Waals surface area contributed by atoms with Gasteiger partial charge in [-0.05, 0) is 86.4 Å². The number of carbonyl (C=O) groups excluding carboxylic acids is 1. The molecule has 1 aliphatic rings. The summed E-state index contributed by atoms with van der Waals surface area (Å²) in [5, 5.41) is 11.9. The molecule has 0 saturated heterocycles. The maximum absolute atomic E-state index is 13.3. The minimum absolute atomic E-state index is 0.111. The van der Waals surface area contributed by atoms with Gasteiger partial charge in [0.25, 0.3) is 5.91 Å². The van der Waals surface area contributed by atoms with E-state index in [1.54, 1.807) is 23.5 Å². The van der Waals surface area contributed by atoms with E-state index in [9.17, 15) is 9.18 Å². The van der Waals surface area contributed by atoms with Gasteiger partial charge >= 0.3 is 0 Å². The monoisotopic (exact) mass is 412 g/mol. The third kappa shape index (κ3) is 4.11. The summed E-state index contributed by atoms with van der Waals surface area (Å²) < 4.78 is 15.1. The average molecular weight is 413 g/mol. The van der Waals surface area contributed by atoms with Crippen LogP contribution < -0.4 is 5.32 Å². The first kappa shape index (κ1) is 19.8. The Bertz CT molecular complexity index is 979. The molecule has 0 spiro atoms. The Morgan fingerprint density at radius 1 is 1.24 bits per heavy atom. The van der Waals surface area contributed by atoms with Gasteiger partial charge in [0.15, 0.2) is 5.69 Å². The highest BCUT2D eigenvalue weighted by Gasteiger charge is 2.26. The highest BCUT2D eigenvalue weighted by molar-refractivity contribution is 7.07. The maximum Gasteiger partial charge on any atom is 0.272 e. The summed E-state index contributed by atoms with van der Waals surface area (Å²) >= 11 is 1.65. The van der Waals surface area contributed by atoms with Crippen molar-refractivity contribution in [1.82, 2.24) is 20.0 Å². The van der Waals surface area contributed by atoms with Crippen molar-refractivity contribution in [3.63, 3.8) is 0 Å². The van der Waals surface area contributed by atoms with Gasteiger partial charge in [-0.1, -0.05) is 0 Å².